The van der Waals surface area contributed by atoms with Crippen LogP contribution >= 0.6 is 0 Å². The summed E-state index contributed by atoms with van der Waals surface area (Å²) in [6, 6.07) is 7.71. The first-order valence-corrected chi connectivity index (χ1v) is 6.55. The minimum Gasteiger partial charge on any atom is -0.462 e. The largest absolute Gasteiger partial charge is 0.462 e. The van der Waals surface area contributed by atoms with Crippen LogP contribution in [0.5, 0.6) is 5.75 Å². The third-order valence-corrected chi connectivity index (χ3v) is 3.89. The zero-order chi connectivity index (χ0) is 13.5. The average molecular weight is 266 g/mol. The molecule has 2 aliphatic rings. The first-order valence-electron chi connectivity index (χ1n) is 6.55. The van der Waals surface area contributed by atoms with Crippen LogP contribution in [0.1, 0.15) is 18.4 Å². The standard InChI is InChI=1S/C14H18O5/c15-8-12-13(17)10(16)7-14(19-12)6-5-9-3-1-2-4-11(9)18-14/h1-4,10,12-13,15-17H,5-8H2. The van der Waals surface area contributed by atoms with Gasteiger partial charge in [0.1, 0.15) is 18.0 Å². The molecule has 104 valence electrons. The summed E-state index contributed by atoms with van der Waals surface area (Å²) in [7, 11) is 0. The van der Waals surface area contributed by atoms with Crippen molar-refractivity contribution in [3.8, 4) is 5.75 Å². The Morgan fingerprint density at radius 3 is 2.84 bits per heavy atom. The Morgan fingerprint density at radius 2 is 2.05 bits per heavy atom. The van der Waals surface area contributed by atoms with E-state index in [2.05, 4.69) is 0 Å². The zero-order valence-corrected chi connectivity index (χ0v) is 10.5. The third-order valence-electron chi connectivity index (χ3n) is 3.89. The second-order valence-electron chi connectivity index (χ2n) is 5.22. The summed E-state index contributed by atoms with van der Waals surface area (Å²) < 4.78 is 11.6. The summed E-state index contributed by atoms with van der Waals surface area (Å²) in [5.74, 6) is -0.200. The molecular formula is C14H18O5. The van der Waals surface area contributed by atoms with Gasteiger partial charge in [0, 0.05) is 12.8 Å². The number of aryl methyl sites for hydroxylation is 1. The molecule has 2 aliphatic heterocycles. The van der Waals surface area contributed by atoms with Gasteiger partial charge < -0.3 is 24.8 Å². The van der Waals surface area contributed by atoms with E-state index in [0.29, 0.717) is 6.42 Å². The molecular weight excluding hydrogens is 248 g/mol. The molecule has 0 saturated carbocycles. The molecule has 0 aromatic heterocycles. The van der Waals surface area contributed by atoms with Crippen molar-refractivity contribution in [2.45, 2.75) is 43.4 Å². The van der Waals surface area contributed by atoms with Crippen molar-refractivity contribution in [2.24, 2.45) is 0 Å². The van der Waals surface area contributed by atoms with Crippen molar-refractivity contribution in [2.75, 3.05) is 6.61 Å². The van der Waals surface area contributed by atoms with Crippen LogP contribution in [-0.4, -0.2) is 46.0 Å². The zero-order valence-electron chi connectivity index (χ0n) is 10.5. The molecule has 1 spiro atoms. The monoisotopic (exact) mass is 266 g/mol. The quantitative estimate of drug-likeness (QED) is 0.677. The molecule has 3 N–H and O–H groups in total. The molecule has 5 heteroatoms. The Kier molecular flexibility index (Phi) is 3.22. The van der Waals surface area contributed by atoms with Crippen LogP contribution in [0.25, 0.3) is 0 Å². The van der Waals surface area contributed by atoms with E-state index in [-0.39, 0.29) is 13.0 Å². The fraction of sp³-hybridized carbons (Fsp3) is 0.571. The van der Waals surface area contributed by atoms with Crippen molar-refractivity contribution in [1.29, 1.82) is 0 Å². The Morgan fingerprint density at radius 1 is 1.26 bits per heavy atom. The van der Waals surface area contributed by atoms with Crippen molar-refractivity contribution < 1.29 is 24.8 Å². The summed E-state index contributed by atoms with van der Waals surface area (Å²) in [6.07, 6.45) is -1.23. The van der Waals surface area contributed by atoms with Crippen LogP contribution in [0, 0.1) is 0 Å². The Hall–Kier alpha value is -1.14. The maximum Gasteiger partial charge on any atom is 0.213 e. The van der Waals surface area contributed by atoms with Crippen molar-refractivity contribution in [3.05, 3.63) is 29.8 Å². The van der Waals surface area contributed by atoms with Gasteiger partial charge in [-0.2, -0.15) is 0 Å². The molecule has 1 aromatic rings. The van der Waals surface area contributed by atoms with E-state index in [1.54, 1.807) is 0 Å². The summed E-state index contributed by atoms with van der Waals surface area (Å²) in [4.78, 5) is 0. The molecule has 2 heterocycles. The highest BCUT2D eigenvalue weighted by atomic mass is 16.7. The minimum atomic E-state index is -1.07. The molecule has 19 heavy (non-hydrogen) atoms. The Labute approximate surface area is 111 Å². The van der Waals surface area contributed by atoms with Gasteiger partial charge >= 0.3 is 0 Å². The summed E-state index contributed by atoms with van der Waals surface area (Å²) in [5, 5.41) is 28.9. The molecule has 5 nitrogen and oxygen atoms in total. The number of hydrogen-bond acceptors (Lipinski definition) is 5. The minimum absolute atomic E-state index is 0.207. The van der Waals surface area contributed by atoms with Gasteiger partial charge in [-0.05, 0) is 18.1 Å². The summed E-state index contributed by atoms with van der Waals surface area (Å²) in [5.41, 5.74) is 1.11. The maximum absolute atomic E-state index is 9.92. The molecule has 0 radical (unpaired) electrons. The fourth-order valence-corrected chi connectivity index (χ4v) is 2.84. The van der Waals surface area contributed by atoms with Crippen LogP contribution in [0.3, 0.4) is 0 Å². The Bertz CT molecular complexity index is 463. The number of ether oxygens (including phenoxy) is 2. The topological polar surface area (TPSA) is 79.2 Å². The van der Waals surface area contributed by atoms with Gasteiger partial charge in [0.2, 0.25) is 5.79 Å². The van der Waals surface area contributed by atoms with E-state index in [4.69, 9.17) is 9.47 Å². The number of hydrogen-bond donors (Lipinski definition) is 3. The number of fused-ring (bicyclic) bond motifs is 1. The molecule has 1 aromatic carbocycles. The smallest absolute Gasteiger partial charge is 0.213 e. The maximum atomic E-state index is 9.92. The number of aliphatic hydroxyl groups is 3. The number of benzene rings is 1. The highest BCUT2D eigenvalue weighted by Crippen LogP contribution is 2.40. The van der Waals surface area contributed by atoms with E-state index in [1.165, 1.54) is 0 Å². The molecule has 4 unspecified atom stereocenters. The highest BCUT2D eigenvalue weighted by molar-refractivity contribution is 5.35. The van der Waals surface area contributed by atoms with Gasteiger partial charge in [-0.1, -0.05) is 18.2 Å². The summed E-state index contributed by atoms with van der Waals surface area (Å²) >= 11 is 0. The van der Waals surface area contributed by atoms with Gasteiger partial charge in [0.25, 0.3) is 0 Å². The van der Waals surface area contributed by atoms with Crippen LogP contribution in [-0.2, 0) is 11.2 Å². The van der Waals surface area contributed by atoms with Gasteiger partial charge in [0.05, 0.1) is 12.7 Å². The average Bonchev–Trinajstić information content (AvgIpc) is 2.43. The van der Waals surface area contributed by atoms with Crippen molar-refractivity contribution in [3.63, 3.8) is 0 Å². The SMILES string of the molecule is OCC1OC2(CCc3ccccc3O2)CC(O)C1O. The van der Waals surface area contributed by atoms with Gasteiger partial charge in [-0.15, -0.1) is 0 Å². The molecule has 4 atom stereocenters. The predicted molar refractivity (Wildman–Crippen MR) is 66.7 cm³/mol. The lowest BCUT2D eigenvalue weighted by Gasteiger charge is -2.46. The second kappa shape index (κ2) is 4.76. The molecule has 1 fully saturated rings. The van der Waals surface area contributed by atoms with Crippen molar-refractivity contribution in [1.82, 2.24) is 0 Å². The Balaban J connectivity index is 1.85. The third kappa shape index (κ3) is 2.23. The first-order chi connectivity index (χ1) is 9.13. The normalized spacial score (nSPS) is 37.7. The lowest BCUT2D eigenvalue weighted by molar-refractivity contribution is -0.297. The summed E-state index contributed by atoms with van der Waals surface area (Å²) in [6.45, 7) is -0.342. The number of para-hydroxylation sites is 1. The molecule has 1 saturated heterocycles. The van der Waals surface area contributed by atoms with Gasteiger partial charge in [-0.3, -0.25) is 0 Å². The predicted octanol–water partition coefficient (Wildman–Crippen LogP) is 0.211. The molecule has 3 rings (SSSR count). The lowest BCUT2D eigenvalue weighted by atomic mass is 9.89. The first kappa shape index (κ1) is 12.9. The van der Waals surface area contributed by atoms with E-state index < -0.39 is 24.1 Å². The molecule has 0 aliphatic carbocycles. The van der Waals surface area contributed by atoms with E-state index in [9.17, 15) is 15.3 Å². The van der Waals surface area contributed by atoms with E-state index >= 15 is 0 Å². The molecule has 0 amide bonds. The number of rotatable bonds is 1. The van der Waals surface area contributed by atoms with Crippen molar-refractivity contribution >= 4 is 0 Å². The fourth-order valence-electron chi connectivity index (χ4n) is 2.84. The van der Waals surface area contributed by atoms with E-state index in [0.717, 1.165) is 17.7 Å². The number of aliphatic hydroxyl groups excluding tert-OH is 3. The van der Waals surface area contributed by atoms with Crippen LogP contribution < -0.4 is 4.74 Å². The van der Waals surface area contributed by atoms with Crippen LogP contribution in [0.15, 0.2) is 24.3 Å². The highest BCUT2D eigenvalue weighted by Gasteiger charge is 2.49. The second-order valence-corrected chi connectivity index (χ2v) is 5.22. The van der Waals surface area contributed by atoms with Gasteiger partial charge in [0.15, 0.2) is 0 Å². The lowest BCUT2D eigenvalue weighted by Crippen LogP contribution is -2.59. The molecule has 0 bridgehead atoms. The van der Waals surface area contributed by atoms with Gasteiger partial charge in [-0.25, -0.2) is 0 Å². The van der Waals surface area contributed by atoms with Crippen LogP contribution in [0.4, 0.5) is 0 Å². The van der Waals surface area contributed by atoms with Crippen LogP contribution in [0.2, 0.25) is 0 Å². The van der Waals surface area contributed by atoms with E-state index in [1.807, 2.05) is 24.3 Å².